The smallest absolute Gasteiger partial charge is 0.326 e. The van der Waals surface area contributed by atoms with Gasteiger partial charge < -0.3 is 48.1 Å². The van der Waals surface area contributed by atoms with E-state index in [0.29, 0.717) is 0 Å². The molecule has 16 heteroatoms. The first-order chi connectivity index (χ1) is 18.9. The van der Waals surface area contributed by atoms with Crippen LogP contribution in [0.3, 0.4) is 0 Å². The molecule has 0 saturated carbocycles. The molecule has 234 valence electrons. The van der Waals surface area contributed by atoms with Crippen LogP contribution >= 0.6 is 0 Å². The van der Waals surface area contributed by atoms with Gasteiger partial charge in [-0.05, 0) is 38.0 Å². The van der Waals surface area contributed by atoms with Crippen LogP contribution in [0.15, 0.2) is 0 Å². The Bertz CT molecular complexity index is 955. The van der Waals surface area contributed by atoms with E-state index in [1.807, 2.05) is 0 Å². The summed E-state index contributed by atoms with van der Waals surface area (Å²) in [6, 6.07) is -6.81. The zero-order chi connectivity index (χ0) is 32.0. The molecule has 0 unspecified atom stereocenters. The number of carboxylic acid groups (broad SMARTS) is 2. The average molecular weight is 589 g/mol. The first-order valence-corrected chi connectivity index (χ1v) is 13.2. The summed E-state index contributed by atoms with van der Waals surface area (Å²) in [5.41, 5.74) is 10.8. The molecule has 0 heterocycles. The number of hydrogen-bond acceptors (Lipinski definition) is 9. The van der Waals surface area contributed by atoms with Crippen LogP contribution in [-0.4, -0.2) is 93.1 Å². The lowest BCUT2D eigenvalue weighted by molar-refractivity contribution is -0.144. The Morgan fingerprint density at radius 3 is 1.63 bits per heavy atom. The molecule has 11 N–H and O–H groups in total. The van der Waals surface area contributed by atoms with Crippen LogP contribution in [0.4, 0.5) is 0 Å². The van der Waals surface area contributed by atoms with E-state index in [4.69, 9.17) is 16.6 Å². The van der Waals surface area contributed by atoms with E-state index in [-0.39, 0.29) is 25.2 Å². The molecule has 6 atom stereocenters. The Hall–Kier alpha value is -3.79. The van der Waals surface area contributed by atoms with Gasteiger partial charge in [0.2, 0.25) is 29.5 Å². The normalized spacial score (nSPS) is 15.5. The minimum absolute atomic E-state index is 0.100. The molecule has 5 amide bonds. The molecule has 0 spiro atoms. The van der Waals surface area contributed by atoms with Crippen LogP contribution in [0, 0.1) is 11.8 Å². The third-order valence-corrected chi connectivity index (χ3v) is 5.95. The summed E-state index contributed by atoms with van der Waals surface area (Å²) in [7, 11) is 0. The highest BCUT2D eigenvalue weighted by molar-refractivity contribution is 5.96. The van der Waals surface area contributed by atoms with Gasteiger partial charge in [0, 0.05) is 12.8 Å². The third kappa shape index (κ3) is 14.4. The van der Waals surface area contributed by atoms with Crippen LogP contribution in [0.25, 0.3) is 0 Å². The number of hydrogen-bond donors (Lipinski definition) is 9. The van der Waals surface area contributed by atoms with Crippen LogP contribution in [-0.2, 0) is 33.6 Å². The van der Waals surface area contributed by atoms with Crippen molar-refractivity contribution in [1.29, 1.82) is 0 Å². The van der Waals surface area contributed by atoms with Crippen molar-refractivity contribution in [2.24, 2.45) is 23.3 Å². The largest absolute Gasteiger partial charge is 0.481 e. The van der Waals surface area contributed by atoms with Gasteiger partial charge in [-0.1, -0.05) is 27.7 Å². The minimum Gasteiger partial charge on any atom is -0.481 e. The van der Waals surface area contributed by atoms with Crippen molar-refractivity contribution in [3.05, 3.63) is 0 Å². The Labute approximate surface area is 238 Å². The Balaban J connectivity index is 5.80. The molecule has 16 nitrogen and oxygen atoms in total. The summed E-state index contributed by atoms with van der Waals surface area (Å²) in [6.45, 7) is 7.91. The molecule has 0 aliphatic heterocycles. The lowest BCUT2D eigenvalue weighted by Crippen LogP contribution is -2.61. The van der Waals surface area contributed by atoms with Gasteiger partial charge in [0.05, 0.1) is 12.1 Å². The van der Waals surface area contributed by atoms with Crippen LogP contribution in [0.5, 0.6) is 0 Å². The summed E-state index contributed by atoms with van der Waals surface area (Å²) in [6.07, 6.45) is -2.68. The fourth-order valence-electron chi connectivity index (χ4n) is 3.64. The minimum atomic E-state index is -1.64. The molecular weight excluding hydrogens is 544 g/mol. The standard InChI is InChI=1S/C25H44N6O10/c1-11(2)10-16(23(38)30-19(12(3)4)25(40)41)29-24(39)20(13(5)32)31-22(37)15(7-9-18(34)35)28-21(36)14(26)6-8-17(27)33/h11-16,19-20,32H,6-10,26H2,1-5H3,(H2,27,33)(H,28,36)(H,29,39)(H,30,38)(H,31,37)(H,34,35)(H,40,41)/t13-,14+,15+,16+,19+,20+/m1/s1. The maximum absolute atomic E-state index is 13.1. The molecule has 0 bridgehead atoms. The van der Waals surface area contributed by atoms with Crippen molar-refractivity contribution in [3.8, 4) is 0 Å². The number of aliphatic hydroxyl groups excluding tert-OH is 1. The number of carbonyl (C=O) groups excluding carboxylic acids is 5. The first kappa shape index (κ1) is 37.2. The van der Waals surface area contributed by atoms with Crippen molar-refractivity contribution < 1.29 is 48.9 Å². The average Bonchev–Trinajstić information content (AvgIpc) is 2.84. The number of carbonyl (C=O) groups is 7. The monoisotopic (exact) mass is 588 g/mol. The Morgan fingerprint density at radius 1 is 0.683 bits per heavy atom. The number of aliphatic carboxylic acids is 2. The van der Waals surface area contributed by atoms with Gasteiger partial charge in [-0.2, -0.15) is 0 Å². The zero-order valence-electron chi connectivity index (χ0n) is 24.0. The fourth-order valence-corrected chi connectivity index (χ4v) is 3.64. The molecule has 0 aromatic carbocycles. The van der Waals surface area contributed by atoms with Crippen molar-refractivity contribution >= 4 is 41.5 Å². The van der Waals surface area contributed by atoms with E-state index in [0.717, 1.165) is 0 Å². The van der Waals surface area contributed by atoms with Crippen LogP contribution < -0.4 is 32.7 Å². The SMILES string of the molecule is CC(C)C[C@H](NC(=O)[C@@H](NC(=O)[C@H](CCC(=O)O)NC(=O)[C@@H](N)CCC(N)=O)[C@@H](C)O)C(=O)N[C@H](C(=O)O)C(C)C. The zero-order valence-corrected chi connectivity index (χ0v) is 24.0. The quantitative estimate of drug-likeness (QED) is 0.0763. The van der Waals surface area contributed by atoms with Gasteiger partial charge in [0.1, 0.15) is 24.2 Å². The summed E-state index contributed by atoms with van der Waals surface area (Å²) in [5.74, 6) is -7.47. The summed E-state index contributed by atoms with van der Waals surface area (Å²) in [5, 5.41) is 38.1. The molecular formula is C25H44N6O10. The fraction of sp³-hybridized carbons (Fsp3) is 0.720. The molecule has 0 aliphatic rings. The Morgan fingerprint density at radius 2 is 1.20 bits per heavy atom. The number of aliphatic hydroxyl groups is 1. The predicted molar refractivity (Wildman–Crippen MR) is 145 cm³/mol. The summed E-state index contributed by atoms with van der Waals surface area (Å²) >= 11 is 0. The number of primary amides is 1. The van der Waals surface area contributed by atoms with Gasteiger partial charge in [0.15, 0.2) is 0 Å². The van der Waals surface area contributed by atoms with E-state index >= 15 is 0 Å². The van der Waals surface area contributed by atoms with Gasteiger partial charge in [0.25, 0.3) is 0 Å². The first-order valence-electron chi connectivity index (χ1n) is 13.2. The summed E-state index contributed by atoms with van der Waals surface area (Å²) < 4.78 is 0. The molecule has 0 aliphatic carbocycles. The number of amides is 5. The van der Waals surface area contributed by atoms with Crippen LogP contribution in [0.1, 0.15) is 66.7 Å². The summed E-state index contributed by atoms with van der Waals surface area (Å²) in [4.78, 5) is 85.1. The molecule has 0 aromatic rings. The number of rotatable bonds is 19. The molecule has 0 aromatic heterocycles. The third-order valence-electron chi connectivity index (χ3n) is 5.95. The molecule has 0 radical (unpaired) electrons. The molecule has 0 rings (SSSR count). The van der Waals surface area contributed by atoms with E-state index < -0.39 is 96.5 Å². The lowest BCUT2D eigenvalue weighted by atomic mass is 9.99. The van der Waals surface area contributed by atoms with E-state index in [1.165, 1.54) is 6.92 Å². The molecule has 0 saturated heterocycles. The van der Waals surface area contributed by atoms with Gasteiger partial charge in [-0.15, -0.1) is 0 Å². The van der Waals surface area contributed by atoms with E-state index in [1.54, 1.807) is 27.7 Å². The Kier molecular flexibility index (Phi) is 16.2. The predicted octanol–water partition coefficient (Wildman–Crippen LogP) is -2.45. The van der Waals surface area contributed by atoms with Crippen molar-refractivity contribution in [2.45, 2.75) is 103 Å². The van der Waals surface area contributed by atoms with Gasteiger partial charge in [-0.3, -0.25) is 28.8 Å². The number of nitrogens with two attached hydrogens (primary N) is 2. The second-order valence-corrected chi connectivity index (χ2v) is 10.6. The van der Waals surface area contributed by atoms with Crippen LogP contribution in [0.2, 0.25) is 0 Å². The second kappa shape index (κ2) is 17.8. The van der Waals surface area contributed by atoms with E-state index in [9.17, 15) is 43.8 Å². The number of carboxylic acids is 2. The highest BCUT2D eigenvalue weighted by Gasteiger charge is 2.34. The second-order valence-electron chi connectivity index (χ2n) is 10.6. The topological polar surface area (TPSA) is 280 Å². The highest BCUT2D eigenvalue weighted by atomic mass is 16.4. The maximum Gasteiger partial charge on any atom is 0.326 e. The van der Waals surface area contributed by atoms with Crippen molar-refractivity contribution in [3.63, 3.8) is 0 Å². The lowest BCUT2D eigenvalue weighted by Gasteiger charge is -2.28. The number of nitrogens with one attached hydrogen (secondary N) is 4. The highest BCUT2D eigenvalue weighted by Crippen LogP contribution is 2.09. The van der Waals surface area contributed by atoms with Gasteiger partial charge in [-0.25, -0.2) is 4.79 Å². The van der Waals surface area contributed by atoms with Crippen molar-refractivity contribution in [1.82, 2.24) is 21.3 Å². The van der Waals surface area contributed by atoms with Gasteiger partial charge >= 0.3 is 11.9 Å². The maximum atomic E-state index is 13.1. The molecule has 41 heavy (non-hydrogen) atoms. The molecule has 0 fully saturated rings. The van der Waals surface area contributed by atoms with E-state index in [2.05, 4.69) is 21.3 Å². The van der Waals surface area contributed by atoms with Crippen molar-refractivity contribution in [2.75, 3.05) is 0 Å².